The molecule has 1 aromatic carbocycles. The number of ether oxygens (including phenoxy) is 1. The maximum atomic E-state index is 13.1. The molecule has 0 unspecified atom stereocenters. The number of nitrogens with one attached hydrogen (secondary N) is 1. The number of fused-ring (bicyclic) bond motifs is 1. The lowest BCUT2D eigenvalue weighted by Crippen LogP contribution is -2.41. The molecule has 2 aliphatic rings. The van der Waals surface area contributed by atoms with E-state index in [2.05, 4.69) is 5.32 Å². The van der Waals surface area contributed by atoms with E-state index in [1.807, 2.05) is 6.07 Å². The molecule has 2 aromatic rings. The Bertz CT molecular complexity index is 1050. The van der Waals surface area contributed by atoms with Crippen LogP contribution in [0.15, 0.2) is 28.7 Å². The van der Waals surface area contributed by atoms with Crippen molar-refractivity contribution in [2.75, 3.05) is 51.0 Å². The third kappa shape index (κ3) is 4.21. The predicted octanol–water partition coefficient (Wildman–Crippen LogP) is 1.52. The van der Waals surface area contributed by atoms with E-state index in [4.69, 9.17) is 9.15 Å². The molecule has 30 heavy (non-hydrogen) atoms. The first kappa shape index (κ1) is 20.8. The molecule has 0 spiro atoms. The van der Waals surface area contributed by atoms with Crippen LogP contribution in [0.4, 0.5) is 5.69 Å². The van der Waals surface area contributed by atoms with E-state index in [-0.39, 0.29) is 23.5 Å². The predicted molar refractivity (Wildman–Crippen MR) is 111 cm³/mol. The molecule has 3 heterocycles. The number of hydrogen-bond donors (Lipinski definition) is 1. The largest absolute Gasteiger partial charge is 0.449 e. The van der Waals surface area contributed by atoms with E-state index in [0.717, 1.165) is 0 Å². The van der Waals surface area contributed by atoms with Crippen LogP contribution in [0.25, 0.3) is 11.0 Å². The number of carbonyl (C=O) groups is 2. The van der Waals surface area contributed by atoms with Gasteiger partial charge in [-0.1, -0.05) is 12.1 Å². The van der Waals surface area contributed by atoms with E-state index in [0.29, 0.717) is 68.9 Å². The highest BCUT2D eigenvalue weighted by molar-refractivity contribution is 7.88. The third-order valence-corrected chi connectivity index (χ3v) is 6.93. The van der Waals surface area contributed by atoms with Gasteiger partial charge in [-0.3, -0.25) is 9.59 Å². The van der Waals surface area contributed by atoms with Crippen molar-refractivity contribution in [3.05, 3.63) is 30.0 Å². The highest BCUT2D eigenvalue weighted by atomic mass is 32.2. The number of para-hydroxylation sites is 1. The van der Waals surface area contributed by atoms with Gasteiger partial charge in [0.05, 0.1) is 19.5 Å². The molecule has 162 valence electrons. The van der Waals surface area contributed by atoms with Crippen molar-refractivity contribution < 1.29 is 27.2 Å². The van der Waals surface area contributed by atoms with Crippen LogP contribution in [-0.4, -0.2) is 75.1 Å². The Labute approximate surface area is 175 Å². The first-order valence-electron chi connectivity index (χ1n) is 9.99. The molecule has 1 N–H and O–H groups in total. The molecule has 2 amide bonds. The first-order chi connectivity index (χ1) is 14.3. The van der Waals surface area contributed by atoms with Gasteiger partial charge >= 0.3 is 0 Å². The monoisotopic (exact) mass is 435 g/mol. The Morgan fingerprint density at radius 1 is 1.07 bits per heavy atom. The van der Waals surface area contributed by atoms with Gasteiger partial charge in [-0.05, 0) is 25.0 Å². The van der Waals surface area contributed by atoms with Gasteiger partial charge in [-0.15, -0.1) is 0 Å². The van der Waals surface area contributed by atoms with Crippen LogP contribution in [0.2, 0.25) is 0 Å². The van der Waals surface area contributed by atoms with E-state index in [1.165, 1.54) is 10.6 Å². The van der Waals surface area contributed by atoms with Crippen molar-refractivity contribution in [3.63, 3.8) is 0 Å². The first-order valence-corrected chi connectivity index (χ1v) is 11.8. The fourth-order valence-corrected chi connectivity index (χ4v) is 4.78. The van der Waals surface area contributed by atoms with Crippen molar-refractivity contribution in [1.29, 1.82) is 0 Å². The fourth-order valence-electron chi connectivity index (χ4n) is 3.91. The summed E-state index contributed by atoms with van der Waals surface area (Å²) < 4.78 is 35.9. The van der Waals surface area contributed by atoms with Gasteiger partial charge in [-0.25, -0.2) is 12.7 Å². The van der Waals surface area contributed by atoms with Crippen molar-refractivity contribution in [2.24, 2.45) is 5.92 Å². The van der Waals surface area contributed by atoms with Crippen LogP contribution in [-0.2, 0) is 19.6 Å². The van der Waals surface area contributed by atoms with E-state index in [1.54, 1.807) is 23.1 Å². The lowest BCUT2D eigenvalue weighted by Gasteiger charge is -2.29. The molecule has 10 heteroatoms. The van der Waals surface area contributed by atoms with E-state index in [9.17, 15) is 18.0 Å². The number of piperidine rings is 1. The summed E-state index contributed by atoms with van der Waals surface area (Å²) in [6.45, 7) is 2.48. The number of nitrogens with zero attached hydrogens (tertiary/aromatic N) is 2. The van der Waals surface area contributed by atoms with Crippen LogP contribution in [0.5, 0.6) is 0 Å². The van der Waals surface area contributed by atoms with Crippen LogP contribution in [0.1, 0.15) is 23.4 Å². The average molecular weight is 436 g/mol. The van der Waals surface area contributed by atoms with Gasteiger partial charge in [0.2, 0.25) is 21.7 Å². The molecule has 2 fully saturated rings. The molecule has 0 saturated carbocycles. The van der Waals surface area contributed by atoms with Gasteiger partial charge in [0.25, 0.3) is 5.91 Å². The van der Waals surface area contributed by atoms with Crippen molar-refractivity contribution in [1.82, 2.24) is 9.21 Å². The number of furan rings is 1. The number of anilines is 1. The Balaban J connectivity index is 1.56. The smallest absolute Gasteiger partial charge is 0.291 e. The van der Waals surface area contributed by atoms with Gasteiger partial charge in [0.1, 0.15) is 11.3 Å². The molecule has 2 aliphatic heterocycles. The second-order valence-electron chi connectivity index (χ2n) is 7.63. The minimum atomic E-state index is -3.26. The summed E-state index contributed by atoms with van der Waals surface area (Å²) in [5.41, 5.74) is 0.897. The SMILES string of the molecule is CS(=O)(=O)N1CCC(C(=O)Nc2c(C(=O)N3CCOCC3)oc3ccccc23)CC1. The number of hydrogen-bond acceptors (Lipinski definition) is 6. The minimum absolute atomic E-state index is 0.111. The number of sulfonamides is 1. The number of carbonyl (C=O) groups excluding carboxylic acids is 2. The minimum Gasteiger partial charge on any atom is -0.449 e. The molecule has 0 radical (unpaired) electrons. The van der Waals surface area contributed by atoms with Crippen molar-refractivity contribution >= 4 is 38.5 Å². The van der Waals surface area contributed by atoms with Crippen LogP contribution in [0, 0.1) is 5.92 Å². The molecule has 9 nitrogen and oxygen atoms in total. The van der Waals surface area contributed by atoms with E-state index < -0.39 is 10.0 Å². The zero-order valence-corrected chi connectivity index (χ0v) is 17.6. The molecular formula is C20H25N3O6S. The lowest BCUT2D eigenvalue weighted by atomic mass is 9.97. The molecular weight excluding hydrogens is 410 g/mol. The number of morpholine rings is 1. The van der Waals surface area contributed by atoms with E-state index >= 15 is 0 Å². The standard InChI is InChI=1S/C20H25N3O6S/c1-30(26,27)23-8-6-14(7-9-23)19(24)21-17-15-4-2-3-5-16(15)29-18(17)20(25)22-10-12-28-13-11-22/h2-5,14H,6-13H2,1H3,(H,21,24). The lowest BCUT2D eigenvalue weighted by molar-refractivity contribution is -0.120. The Hall–Kier alpha value is -2.43. The summed E-state index contributed by atoms with van der Waals surface area (Å²) in [5.74, 6) is -0.731. The molecule has 4 rings (SSSR count). The van der Waals surface area contributed by atoms with Crippen LogP contribution in [0.3, 0.4) is 0 Å². The number of rotatable bonds is 4. The zero-order valence-electron chi connectivity index (χ0n) is 16.8. The third-order valence-electron chi connectivity index (χ3n) is 5.63. The maximum absolute atomic E-state index is 13.1. The summed E-state index contributed by atoms with van der Waals surface area (Å²) in [6, 6.07) is 7.19. The van der Waals surface area contributed by atoms with Crippen molar-refractivity contribution in [3.8, 4) is 0 Å². The number of amides is 2. The quantitative estimate of drug-likeness (QED) is 0.780. The Morgan fingerprint density at radius 3 is 2.40 bits per heavy atom. The fraction of sp³-hybridized carbons (Fsp3) is 0.500. The Kier molecular flexibility index (Phi) is 5.81. The van der Waals surface area contributed by atoms with Crippen LogP contribution >= 0.6 is 0 Å². The van der Waals surface area contributed by atoms with Gasteiger partial charge in [0, 0.05) is 37.5 Å². The molecule has 0 atom stereocenters. The summed E-state index contributed by atoms with van der Waals surface area (Å²) >= 11 is 0. The second kappa shape index (κ2) is 8.37. The summed E-state index contributed by atoms with van der Waals surface area (Å²) in [6.07, 6.45) is 2.04. The second-order valence-corrected chi connectivity index (χ2v) is 9.61. The van der Waals surface area contributed by atoms with Crippen LogP contribution < -0.4 is 5.32 Å². The average Bonchev–Trinajstić information content (AvgIpc) is 3.11. The normalized spacial score (nSPS) is 19.2. The van der Waals surface area contributed by atoms with Gasteiger partial charge < -0.3 is 19.4 Å². The molecule has 2 saturated heterocycles. The number of benzene rings is 1. The molecule has 0 aliphatic carbocycles. The molecule has 0 bridgehead atoms. The van der Waals surface area contributed by atoms with Gasteiger partial charge in [0.15, 0.2) is 0 Å². The summed E-state index contributed by atoms with van der Waals surface area (Å²) in [7, 11) is -3.26. The Morgan fingerprint density at radius 2 is 1.73 bits per heavy atom. The summed E-state index contributed by atoms with van der Waals surface area (Å²) in [4.78, 5) is 27.7. The van der Waals surface area contributed by atoms with Gasteiger partial charge in [-0.2, -0.15) is 0 Å². The topological polar surface area (TPSA) is 109 Å². The molecule has 1 aromatic heterocycles. The summed E-state index contributed by atoms with van der Waals surface area (Å²) in [5, 5.41) is 3.56. The maximum Gasteiger partial charge on any atom is 0.291 e. The van der Waals surface area contributed by atoms with Crippen molar-refractivity contribution in [2.45, 2.75) is 12.8 Å². The zero-order chi connectivity index (χ0) is 21.3. The highest BCUT2D eigenvalue weighted by Gasteiger charge is 2.32. The highest BCUT2D eigenvalue weighted by Crippen LogP contribution is 2.33.